The smallest absolute Gasteiger partial charge is 0.280 e. The van der Waals surface area contributed by atoms with Crippen molar-refractivity contribution in [2.24, 2.45) is 5.10 Å². The summed E-state index contributed by atoms with van der Waals surface area (Å²) in [7, 11) is 0. The fraction of sp³-hybridized carbons (Fsp3) is 0.176. The van der Waals surface area contributed by atoms with Gasteiger partial charge in [-0.3, -0.25) is 9.78 Å². The first-order valence-electron chi connectivity index (χ1n) is 7.01. The van der Waals surface area contributed by atoms with Crippen LogP contribution < -0.4 is 10.2 Å². The molecule has 1 heterocycles. The predicted molar refractivity (Wildman–Crippen MR) is 85.8 cm³/mol. The van der Waals surface area contributed by atoms with Crippen LogP contribution in [0.5, 0.6) is 5.75 Å². The summed E-state index contributed by atoms with van der Waals surface area (Å²) in [5, 5.41) is 12.8. The van der Waals surface area contributed by atoms with Gasteiger partial charge >= 0.3 is 0 Å². The highest BCUT2D eigenvalue weighted by Gasteiger charge is 2.14. The zero-order valence-corrected chi connectivity index (χ0v) is 12.9. The number of carbonyl (C=O) groups excluding carboxylic acids is 1. The van der Waals surface area contributed by atoms with Gasteiger partial charge in [0.2, 0.25) is 0 Å². The zero-order valence-electron chi connectivity index (χ0n) is 12.9. The topological polar surface area (TPSA) is 87.4 Å². The van der Waals surface area contributed by atoms with Gasteiger partial charge in [-0.2, -0.15) is 10.4 Å². The summed E-state index contributed by atoms with van der Waals surface area (Å²) in [5.74, 6) is 0.150. The fourth-order valence-corrected chi connectivity index (χ4v) is 1.74. The lowest BCUT2D eigenvalue weighted by molar-refractivity contribution is -0.127. The molecule has 1 N–H and O–H groups in total. The van der Waals surface area contributed by atoms with Crippen LogP contribution in [0.2, 0.25) is 0 Å². The van der Waals surface area contributed by atoms with E-state index in [0.29, 0.717) is 17.0 Å². The molecule has 0 aliphatic heterocycles. The lowest BCUT2D eigenvalue weighted by atomic mass is 10.2. The summed E-state index contributed by atoms with van der Waals surface area (Å²) in [4.78, 5) is 16.0. The van der Waals surface area contributed by atoms with Crippen molar-refractivity contribution in [3.8, 4) is 11.8 Å². The maximum Gasteiger partial charge on any atom is 0.280 e. The van der Waals surface area contributed by atoms with Crippen LogP contribution in [0.3, 0.4) is 0 Å². The van der Waals surface area contributed by atoms with Gasteiger partial charge in [0, 0.05) is 18.0 Å². The first-order valence-corrected chi connectivity index (χ1v) is 7.01. The lowest BCUT2D eigenvalue weighted by Crippen LogP contribution is -2.33. The highest BCUT2D eigenvalue weighted by atomic mass is 16.5. The highest BCUT2D eigenvalue weighted by molar-refractivity contribution is 5.99. The third-order valence-electron chi connectivity index (χ3n) is 3.08. The molecule has 0 bridgehead atoms. The maximum absolute atomic E-state index is 12.0. The Hall–Kier alpha value is -3.20. The van der Waals surface area contributed by atoms with E-state index >= 15 is 0 Å². The van der Waals surface area contributed by atoms with Crippen molar-refractivity contribution < 1.29 is 9.53 Å². The molecule has 2 rings (SSSR count). The first-order chi connectivity index (χ1) is 11.1. The van der Waals surface area contributed by atoms with E-state index in [1.165, 1.54) is 0 Å². The second-order valence-corrected chi connectivity index (χ2v) is 4.81. The number of carbonyl (C=O) groups is 1. The van der Waals surface area contributed by atoms with E-state index in [1.807, 2.05) is 12.1 Å². The van der Waals surface area contributed by atoms with E-state index in [-0.39, 0.29) is 5.91 Å². The van der Waals surface area contributed by atoms with E-state index < -0.39 is 6.10 Å². The number of pyridine rings is 1. The Morgan fingerprint density at radius 3 is 2.70 bits per heavy atom. The van der Waals surface area contributed by atoms with Crippen molar-refractivity contribution in [3.63, 3.8) is 0 Å². The molecule has 1 amide bonds. The summed E-state index contributed by atoms with van der Waals surface area (Å²) in [6, 6.07) is 12.2. The Kier molecular flexibility index (Phi) is 5.42. The molecule has 6 nitrogen and oxygen atoms in total. The van der Waals surface area contributed by atoms with Crippen LogP contribution in [-0.2, 0) is 4.79 Å². The predicted octanol–water partition coefficient (Wildman–Crippen LogP) is 2.26. The maximum atomic E-state index is 12.0. The summed E-state index contributed by atoms with van der Waals surface area (Å²) in [6.45, 7) is 3.41. The monoisotopic (exact) mass is 308 g/mol. The average Bonchev–Trinajstić information content (AvgIpc) is 2.60. The minimum Gasteiger partial charge on any atom is -0.481 e. The number of benzene rings is 1. The number of hydrazone groups is 1. The van der Waals surface area contributed by atoms with Crippen molar-refractivity contribution in [3.05, 3.63) is 59.9 Å². The second-order valence-electron chi connectivity index (χ2n) is 4.81. The molecule has 0 aliphatic carbocycles. The summed E-state index contributed by atoms with van der Waals surface area (Å²) >= 11 is 0. The Balaban J connectivity index is 1.93. The highest BCUT2D eigenvalue weighted by Crippen LogP contribution is 2.13. The minimum absolute atomic E-state index is 0.363. The van der Waals surface area contributed by atoms with Gasteiger partial charge < -0.3 is 4.74 Å². The molecule has 116 valence electrons. The lowest BCUT2D eigenvalue weighted by Gasteiger charge is -2.13. The molecule has 1 aromatic carbocycles. The van der Waals surface area contributed by atoms with Gasteiger partial charge in [-0.25, -0.2) is 5.43 Å². The van der Waals surface area contributed by atoms with Crippen LogP contribution in [0.25, 0.3) is 0 Å². The van der Waals surface area contributed by atoms with Crippen LogP contribution in [0.15, 0.2) is 53.9 Å². The van der Waals surface area contributed by atoms with Gasteiger partial charge in [0.05, 0.1) is 17.3 Å². The van der Waals surface area contributed by atoms with E-state index in [9.17, 15) is 4.79 Å². The standard InChI is InChI=1S/C17H16N4O2/c1-12(15-4-3-9-19-11-15)20-21-17(22)13(2)23-16-7-5-14(10-18)6-8-16/h3-9,11,13H,1-2H3,(H,21,22)/b20-12+. The van der Waals surface area contributed by atoms with E-state index in [1.54, 1.807) is 56.6 Å². The van der Waals surface area contributed by atoms with Gasteiger partial charge in [0.15, 0.2) is 6.10 Å². The third-order valence-corrected chi connectivity index (χ3v) is 3.08. The summed E-state index contributed by atoms with van der Waals surface area (Å²) in [6.07, 6.45) is 2.62. The molecular weight excluding hydrogens is 292 g/mol. The van der Waals surface area contributed by atoms with Gasteiger partial charge in [-0.05, 0) is 44.2 Å². The normalized spacial score (nSPS) is 12.1. The van der Waals surface area contributed by atoms with Crippen LogP contribution in [0, 0.1) is 11.3 Å². The third kappa shape index (κ3) is 4.64. The quantitative estimate of drug-likeness (QED) is 0.678. The van der Waals surface area contributed by atoms with Crippen molar-refractivity contribution in [2.75, 3.05) is 0 Å². The van der Waals surface area contributed by atoms with Gasteiger partial charge in [0.1, 0.15) is 5.75 Å². The van der Waals surface area contributed by atoms with Crippen molar-refractivity contribution in [1.82, 2.24) is 10.4 Å². The first kappa shape index (κ1) is 16.2. The molecule has 0 aliphatic rings. The second kappa shape index (κ2) is 7.71. The zero-order chi connectivity index (χ0) is 16.7. The average molecular weight is 308 g/mol. The van der Waals surface area contributed by atoms with Crippen molar-refractivity contribution in [2.45, 2.75) is 20.0 Å². The number of nitrogens with one attached hydrogen (secondary N) is 1. The minimum atomic E-state index is -0.714. The summed E-state index contributed by atoms with van der Waals surface area (Å²) in [5.41, 5.74) is 4.48. The summed E-state index contributed by atoms with van der Waals surface area (Å²) < 4.78 is 5.51. The molecule has 2 aromatic rings. The molecule has 23 heavy (non-hydrogen) atoms. The molecule has 0 saturated heterocycles. The molecule has 0 fully saturated rings. The van der Waals surface area contributed by atoms with E-state index in [2.05, 4.69) is 15.5 Å². The molecule has 0 radical (unpaired) electrons. The largest absolute Gasteiger partial charge is 0.481 e. The Bertz CT molecular complexity index is 733. The van der Waals surface area contributed by atoms with E-state index in [0.717, 1.165) is 5.56 Å². The number of aromatic nitrogens is 1. The molecule has 0 saturated carbocycles. The number of nitriles is 1. The number of nitrogens with zero attached hydrogens (tertiary/aromatic N) is 3. The number of rotatable bonds is 5. The SMILES string of the molecule is C/C(=N\NC(=O)C(C)Oc1ccc(C#N)cc1)c1cccnc1. The van der Waals surface area contributed by atoms with Gasteiger partial charge in [-0.1, -0.05) is 6.07 Å². The Morgan fingerprint density at radius 1 is 1.35 bits per heavy atom. The van der Waals surface area contributed by atoms with Crippen LogP contribution in [0.1, 0.15) is 25.0 Å². The molecule has 1 aromatic heterocycles. The van der Waals surface area contributed by atoms with Crippen LogP contribution in [0.4, 0.5) is 0 Å². The fourth-order valence-electron chi connectivity index (χ4n) is 1.74. The molecular formula is C17H16N4O2. The number of ether oxygens (including phenoxy) is 1. The molecule has 6 heteroatoms. The van der Waals surface area contributed by atoms with Crippen LogP contribution in [-0.4, -0.2) is 22.7 Å². The number of hydrogen-bond donors (Lipinski definition) is 1. The Morgan fingerprint density at radius 2 is 2.09 bits per heavy atom. The van der Waals surface area contributed by atoms with Gasteiger partial charge in [0.25, 0.3) is 5.91 Å². The molecule has 1 unspecified atom stereocenters. The molecule has 1 atom stereocenters. The van der Waals surface area contributed by atoms with Gasteiger partial charge in [-0.15, -0.1) is 0 Å². The molecule has 0 spiro atoms. The number of hydrogen-bond acceptors (Lipinski definition) is 5. The van der Waals surface area contributed by atoms with Crippen molar-refractivity contribution >= 4 is 11.6 Å². The number of amides is 1. The van der Waals surface area contributed by atoms with Crippen LogP contribution >= 0.6 is 0 Å². The van der Waals surface area contributed by atoms with Crippen molar-refractivity contribution in [1.29, 1.82) is 5.26 Å². The Labute approximate surface area is 134 Å². The van der Waals surface area contributed by atoms with E-state index in [4.69, 9.17) is 10.00 Å².